The summed E-state index contributed by atoms with van der Waals surface area (Å²) in [6, 6.07) is 5.90. The molecule has 34 heavy (non-hydrogen) atoms. The van der Waals surface area contributed by atoms with Gasteiger partial charge in [-0.25, -0.2) is 4.79 Å². The average molecular weight is 507 g/mol. The standard InChI is InChI=1S/C25H35ClN4O3S/c1-25(2,3)33-24(32)29-13-11-17(12-14-29)20-15-22(27-16-19-9-10-21(26)34-19)30(28-20)23(31)18-7-5-4-6-8-18/h9-10,15,17-18,27H,4-8,11-14,16H2,1-3H3. The summed E-state index contributed by atoms with van der Waals surface area (Å²) in [4.78, 5) is 28.7. The molecule has 186 valence electrons. The van der Waals surface area contributed by atoms with E-state index >= 15 is 0 Å². The fourth-order valence-electron chi connectivity index (χ4n) is 4.72. The quantitative estimate of drug-likeness (QED) is 0.497. The van der Waals surface area contributed by atoms with E-state index < -0.39 is 5.60 Å². The smallest absolute Gasteiger partial charge is 0.410 e. The number of halogens is 1. The zero-order valence-electron chi connectivity index (χ0n) is 20.3. The van der Waals surface area contributed by atoms with E-state index in [9.17, 15) is 9.59 Å². The van der Waals surface area contributed by atoms with Gasteiger partial charge >= 0.3 is 6.09 Å². The predicted octanol–water partition coefficient (Wildman–Crippen LogP) is 6.55. The van der Waals surface area contributed by atoms with Crippen LogP contribution in [-0.2, 0) is 11.3 Å². The number of amides is 1. The van der Waals surface area contributed by atoms with Crippen molar-refractivity contribution in [1.29, 1.82) is 0 Å². The molecule has 1 saturated heterocycles. The Kier molecular flexibility index (Phi) is 7.87. The van der Waals surface area contributed by atoms with E-state index in [4.69, 9.17) is 21.4 Å². The van der Waals surface area contributed by atoms with E-state index in [0.29, 0.717) is 19.6 Å². The van der Waals surface area contributed by atoms with Gasteiger partial charge in [-0.2, -0.15) is 9.78 Å². The van der Waals surface area contributed by atoms with Crippen molar-refractivity contribution in [3.8, 4) is 0 Å². The number of aromatic nitrogens is 2. The van der Waals surface area contributed by atoms with Crippen LogP contribution in [0.25, 0.3) is 0 Å². The van der Waals surface area contributed by atoms with Crippen LogP contribution in [0.1, 0.15) is 87.0 Å². The molecule has 1 N–H and O–H groups in total. The lowest BCUT2D eigenvalue weighted by atomic mass is 9.89. The molecule has 1 saturated carbocycles. The van der Waals surface area contributed by atoms with Crippen LogP contribution in [0.5, 0.6) is 0 Å². The fourth-order valence-corrected chi connectivity index (χ4v) is 5.75. The minimum absolute atomic E-state index is 0.0345. The molecule has 0 bridgehead atoms. The van der Waals surface area contributed by atoms with Crippen LogP contribution in [0.15, 0.2) is 18.2 Å². The van der Waals surface area contributed by atoms with E-state index in [1.54, 1.807) is 9.58 Å². The van der Waals surface area contributed by atoms with Gasteiger partial charge in [0.15, 0.2) is 0 Å². The summed E-state index contributed by atoms with van der Waals surface area (Å²) in [5.74, 6) is 1.07. The third-order valence-electron chi connectivity index (χ3n) is 6.53. The second-order valence-electron chi connectivity index (χ2n) is 10.3. The summed E-state index contributed by atoms with van der Waals surface area (Å²) in [6.45, 7) is 7.49. The molecular formula is C25H35ClN4O3S. The molecule has 1 amide bonds. The largest absolute Gasteiger partial charge is 0.444 e. The Hall–Kier alpha value is -2.06. The summed E-state index contributed by atoms with van der Waals surface area (Å²) in [5.41, 5.74) is 0.416. The van der Waals surface area contributed by atoms with Gasteiger partial charge in [0.25, 0.3) is 5.91 Å². The van der Waals surface area contributed by atoms with E-state index in [1.165, 1.54) is 17.8 Å². The second-order valence-corrected chi connectivity index (χ2v) is 12.1. The molecule has 1 aliphatic heterocycles. The summed E-state index contributed by atoms with van der Waals surface area (Å²) in [7, 11) is 0. The number of carbonyl (C=O) groups is 2. The number of piperidine rings is 1. The third-order valence-corrected chi connectivity index (χ3v) is 7.76. The lowest BCUT2D eigenvalue weighted by molar-refractivity contribution is 0.0204. The molecule has 3 heterocycles. The van der Waals surface area contributed by atoms with Crippen molar-refractivity contribution in [3.63, 3.8) is 0 Å². The topological polar surface area (TPSA) is 76.5 Å². The first-order valence-corrected chi connectivity index (χ1v) is 13.5. The minimum atomic E-state index is -0.500. The summed E-state index contributed by atoms with van der Waals surface area (Å²) in [5, 5.41) is 8.23. The molecule has 2 aromatic heterocycles. The lowest BCUT2D eigenvalue weighted by Gasteiger charge is -2.32. The maximum Gasteiger partial charge on any atom is 0.410 e. The monoisotopic (exact) mass is 506 g/mol. The van der Waals surface area contributed by atoms with Crippen LogP contribution in [0.2, 0.25) is 4.34 Å². The summed E-state index contributed by atoms with van der Waals surface area (Å²) in [6.07, 6.45) is 6.61. The van der Waals surface area contributed by atoms with Crippen molar-refractivity contribution >= 4 is 40.8 Å². The highest BCUT2D eigenvalue weighted by Gasteiger charge is 2.31. The molecular weight excluding hydrogens is 472 g/mol. The van der Waals surface area contributed by atoms with E-state index in [0.717, 1.165) is 59.3 Å². The molecule has 4 rings (SSSR count). The van der Waals surface area contributed by atoms with Crippen LogP contribution >= 0.6 is 22.9 Å². The van der Waals surface area contributed by atoms with Gasteiger partial charge in [-0.15, -0.1) is 11.3 Å². The first-order valence-electron chi connectivity index (χ1n) is 12.3. The second kappa shape index (κ2) is 10.7. The van der Waals surface area contributed by atoms with Gasteiger partial charge in [0.1, 0.15) is 11.4 Å². The molecule has 0 unspecified atom stereocenters. The highest BCUT2D eigenvalue weighted by atomic mass is 35.5. The van der Waals surface area contributed by atoms with Crippen LogP contribution in [0.3, 0.4) is 0 Å². The Labute approximate surface area is 210 Å². The number of nitrogens with one attached hydrogen (secondary N) is 1. The number of ether oxygens (including phenoxy) is 1. The number of likely N-dealkylation sites (tertiary alicyclic amines) is 1. The lowest BCUT2D eigenvalue weighted by Crippen LogP contribution is -2.41. The van der Waals surface area contributed by atoms with Gasteiger partial charge in [-0.1, -0.05) is 30.9 Å². The molecule has 2 aliphatic rings. The van der Waals surface area contributed by atoms with Gasteiger partial charge in [-0.3, -0.25) is 4.79 Å². The molecule has 0 aromatic carbocycles. The van der Waals surface area contributed by atoms with Crippen molar-refractivity contribution in [2.75, 3.05) is 18.4 Å². The van der Waals surface area contributed by atoms with Crippen LogP contribution < -0.4 is 5.32 Å². The van der Waals surface area contributed by atoms with E-state index in [1.807, 2.05) is 39.0 Å². The first kappa shape index (κ1) is 25.0. The number of carbonyl (C=O) groups excluding carboxylic acids is 2. The predicted molar refractivity (Wildman–Crippen MR) is 136 cm³/mol. The van der Waals surface area contributed by atoms with Gasteiger partial charge in [-0.05, 0) is 58.6 Å². The zero-order chi connectivity index (χ0) is 24.3. The van der Waals surface area contributed by atoms with Crippen molar-refractivity contribution < 1.29 is 14.3 Å². The van der Waals surface area contributed by atoms with Crippen LogP contribution in [0, 0.1) is 5.92 Å². The number of thiophene rings is 1. The first-order chi connectivity index (χ1) is 16.2. The van der Waals surface area contributed by atoms with Crippen molar-refractivity contribution in [2.45, 2.75) is 83.8 Å². The highest BCUT2D eigenvalue weighted by Crippen LogP contribution is 2.32. The Morgan fingerprint density at radius 2 is 1.85 bits per heavy atom. The van der Waals surface area contributed by atoms with Crippen LogP contribution in [0.4, 0.5) is 10.6 Å². The average Bonchev–Trinajstić information content (AvgIpc) is 3.43. The van der Waals surface area contributed by atoms with Crippen molar-refractivity contribution in [3.05, 3.63) is 33.1 Å². The van der Waals surface area contributed by atoms with Gasteiger partial charge < -0.3 is 15.0 Å². The SMILES string of the molecule is CC(C)(C)OC(=O)N1CCC(c2cc(NCc3ccc(Cl)s3)n(C(=O)C3CCCCC3)n2)CC1. The number of rotatable bonds is 5. The number of nitrogens with zero attached hydrogens (tertiary/aromatic N) is 3. The number of anilines is 1. The number of hydrogen-bond donors (Lipinski definition) is 1. The maximum atomic E-state index is 13.4. The Morgan fingerprint density at radius 3 is 2.47 bits per heavy atom. The van der Waals surface area contributed by atoms with Crippen molar-refractivity contribution in [2.24, 2.45) is 5.92 Å². The maximum absolute atomic E-state index is 13.4. The molecule has 0 spiro atoms. The Bertz CT molecular complexity index is 998. The minimum Gasteiger partial charge on any atom is -0.444 e. The summed E-state index contributed by atoms with van der Waals surface area (Å²) < 4.78 is 7.87. The molecule has 0 atom stereocenters. The third kappa shape index (κ3) is 6.33. The zero-order valence-corrected chi connectivity index (χ0v) is 21.9. The molecule has 1 aliphatic carbocycles. The highest BCUT2D eigenvalue weighted by molar-refractivity contribution is 7.16. The Balaban J connectivity index is 1.47. The van der Waals surface area contributed by atoms with Crippen molar-refractivity contribution in [1.82, 2.24) is 14.7 Å². The molecule has 9 heteroatoms. The van der Waals surface area contributed by atoms with Gasteiger partial charge in [0.05, 0.1) is 16.6 Å². The summed E-state index contributed by atoms with van der Waals surface area (Å²) >= 11 is 7.61. The molecule has 0 radical (unpaired) electrons. The normalized spacial score (nSPS) is 18.2. The van der Waals surface area contributed by atoms with Gasteiger partial charge in [0.2, 0.25) is 0 Å². The molecule has 2 fully saturated rings. The van der Waals surface area contributed by atoms with E-state index in [2.05, 4.69) is 5.32 Å². The number of hydrogen-bond acceptors (Lipinski definition) is 6. The molecule has 2 aromatic rings. The molecule has 7 nitrogen and oxygen atoms in total. The fraction of sp³-hybridized carbons (Fsp3) is 0.640. The van der Waals surface area contributed by atoms with Crippen LogP contribution in [-0.4, -0.2) is 45.4 Å². The van der Waals surface area contributed by atoms with E-state index in [-0.39, 0.29) is 23.8 Å². The Morgan fingerprint density at radius 1 is 1.15 bits per heavy atom. The van der Waals surface area contributed by atoms with Gasteiger partial charge in [0, 0.05) is 35.9 Å².